The maximum absolute atomic E-state index is 10.4. The molecule has 1 rings (SSSR count). The third-order valence-electron chi connectivity index (χ3n) is 1.37. The summed E-state index contributed by atoms with van der Waals surface area (Å²) in [6.07, 6.45) is 0. The highest BCUT2D eigenvalue weighted by Crippen LogP contribution is 2.36. The van der Waals surface area contributed by atoms with Crippen LogP contribution in [0.1, 0.15) is 0 Å². The third-order valence-corrected chi connectivity index (χ3v) is 1.74. The molecule has 1 aromatic rings. The summed E-state index contributed by atoms with van der Waals surface area (Å²) in [6.45, 7) is 0. The number of benzene rings is 1. The van der Waals surface area contributed by atoms with Crippen molar-refractivity contribution in [1.29, 1.82) is 0 Å². The minimum atomic E-state index is -4.67. The van der Waals surface area contributed by atoms with Crippen LogP contribution in [0.15, 0.2) is 18.2 Å². The van der Waals surface area contributed by atoms with Crippen LogP contribution in [0.25, 0.3) is 0 Å². The second-order valence-electron chi connectivity index (χ2n) is 2.32. The summed E-state index contributed by atoms with van der Waals surface area (Å²) in [5.74, 6) is -0.887. The van der Waals surface area contributed by atoms with Crippen molar-refractivity contribution < 1.29 is 27.0 Å². The molecule has 0 aliphatic rings. The van der Waals surface area contributed by atoms with Crippen molar-refractivity contribution in [2.75, 3.05) is 7.11 Å². The van der Waals surface area contributed by atoms with Gasteiger partial charge in [-0.1, -0.05) is 6.07 Å². The Bertz CT molecular complexity index is 424. The van der Waals surface area contributed by atoms with Crippen molar-refractivity contribution in [3.8, 4) is 17.2 Å². The zero-order valence-corrected chi connectivity index (χ0v) is 7.98. The third kappa shape index (κ3) is 2.51. The molecule has 6 nitrogen and oxygen atoms in total. The fourth-order valence-electron chi connectivity index (χ4n) is 0.854. The molecule has 78 valence electrons. The van der Waals surface area contributed by atoms with Crippen molar-refractivity contribution in [1.82, 2.24) is 0 Å². The summed E-state index contributed by atoms with van der Waals surface area (Å²) in [6, 6.07) is 4.01. The summed E-state index contributed by atoms with van der Waals surface area (Å²) >= 11 is 0. The summed E-state index contributed by atoms with van der Waals surface area (Å²) in [5, 5.41) is 9.21. The summed E-state index contributed by atoms with van der Waals surface area (Å²) in [7, 11) is -3.40. The lowest BCUT2D eigenvalue weighted by atomic mass is 10.3. The monoisotopic (exact) mass is 220 g/mol. The highest BCUT2D eigenvalue weighted by Gasteiger charge is 2.16. The predicted octanol–water partition coefficient (Wildman–Crippen LogP) is 0.582. The molecule has 14 heavy (non-hydrogen) atoms. The van der Waals surface area contributed by atoms with Gasteiger partial charge in [0.25, 0.3) is 0 Å². The zero-order valence-electron chi connectivity index (χ0n) is 7.17. The fraction of sp³-hybridized carbons (Fsp3) is 0.143. The van der Waals surface area contributed by atoms with Crippen LogP contribution in [0.4, 0.5) is 0 Å². The zero-order chi connectivity index (χ0) is 10.8. The molecule has 0 aliphatic heterocycles. The van der Waals surface area contributed by atoms with Crippen LogP contribution in [-0.2, 0) is 10.4 Å². The van der Waals surface area contributed by atoms with Gasteiger partial charge in [0, 0.05) is 0 Å². The van der Waals surface area contributed by atoms with E-state index < -0.39 is 21.9 Å². The van der Waals surface area contributed by atoms with Gasteiger partial charge in [-0.3, -0.25) is 4.55 Å². The maximum atomic E-state index is 10.4. The number of phenolic OH excluding ortho intramolecular Hbond substituents is 1. The Kier molecular flexibility index (Phi) is 2.82. The van der Waals surface area contributed by atoms with E-state index in [4.69, 9.17) is 9.29 Å². The summed E-state index contributed by atoms with van der Waals surface area (Å²) < 4.78 is 38.0. The second kappa shape index (κ2) is 3.72. The molecule has 0 heterocycles. The Balaban J connectivity index is 3.18. The van der Waals surface area contributed by atoms with E-state index in [0.717, 1.165) is 0 Å². The average molecular weight is 220 g/mol. The van der Waals surface area contributed by atoms with Crippen LogP contribution in [0.3, 0.4) is 0 Å². The van der Waals surface area contributed by atoms with Gasteiger partial charge >= 0.3 is 10.4 Å². The van der Waals surface area contributed by atoms with E-state index in [1.807, 2.05) is 0 Å². The number of hydrogen-bond acceptors (Lipinski definition) is 5. The van der Waals surface area contributed by atoms with Crippen molar-refractivity contribution >= 4 is 10.4 Å². The smallest absolute Gasteiger partial charge is 0.446 e. The van der Waals surface area contributed by atoms with Gasteiger partial charge < -0.3 is 14.0 Å². The molecule has 7 heteroatoms. The Labute approximate surface area is 80.7 Å². The lowest BCUT2D eigenvalue weighted by molar-refractivity contribution is 0.345. The van der Waals surface area contributed by atoms with Crippen molar-refractivity contribution in [3.63, 3.8) is 0 Å². The van der Waals surface area contributed by atoms with E-state index in [1.165, 1.54) is 25.3 Å². The van der Waals surface area contributed by atoms with E-state index in [1.54, 1.807) is 0 Å². The van der Waals surface area contributed by atoms with E-state index in [9.17, 15) is 13.5 Å². The maximum Gasteiger partial charge on any atom is 0.446 e. The van der Waals surface area contributed by atoms with Crippen LogP contribution in [0.2, 0.25) is 0 Å². The van der Waals surface area contributed by atoms with Crippen molar-refractivity contribution in [2.45, 2.75) is 0 Å². The molecule has 0 aromatic heterocycles. The first-order chi connectivity index (χ1) is 6.44. The lowest BCUT2D eigenvalue weighted by Gasteiger charge is -2.08. The molecule has 0 amide bonds. The van der Waals surface area contributed by atoms with Crippen LogP contribution in [0.5, 0.6) is 17.2 Å². The number of rotatable bonds is 3. The van der Waals surface area contributed by atoms with Crippen molar-refractivity contribution in [2.24, 2.45) is 0 Å². The van der Waals surface area contributed by atoms with Crippen LogP contribution >= 0.6 is 0 Å². The van der Waals surface area contributed by atoms with E-state index in [2.05, 4.69) is 4.18 Å². The molecule has 0 saturated carbocycles. The van der Waals surface area contributed by atoms with E-state index in [-0.39, 0.29) is 5.75 Å². The number of aromatic hydroxyl groups is 1. The number of ether oxygens (including phenoxy) is 1. The quantitative estimate of drug-likeness (QED) is 0.724. The number of para-hydroxylation sites is 1. The molecule has 0 bridgehead atoms. The van der Waals surface area contributed by atoms with Gasteiger partial charge in [-0.15, -0.1) is 0 Å². The topological polar surface area (TPSA) is 93.1 Å². The Morgan fingerprint density at radius 2 is 2.00 bits per heavy atom. The van der Waals surface area contributed by atoms with Gasteiger partial charge in [0.2, 0.25) is 5.75 Å². The minimum Gasteiger partial charge on any atom is -0.504 e. The Hall–Kier alpha value is -1.47. The molecule has 0 atom stereocenters. The molecule has 0 spiro atoms. The molecule has 0 fully saturated rings. The average Bonchev–Trinajstić information content (AvgIpc) is 2.06. The summed E-state index contributed by atoms with van der Waals surface area (Å²) in [4.78, 5) is 0. The molecule has 0 aliphatic carbocycles. The van der Waals surface area contributed by atoms with Gasteiger partial charge in [0.15, 0.2) is 11.5 Å². The van der Waals surface area contributed by atoms with Crippen molar-refractivity contribution in [3.05, 3.63) is 18.2 Å². The second-order valence-corrected chi connectivity index (χ2v) is 3.34. The molecular formula is C7H8O6S. The van der Waals surface area contributed by atoms with Crippen LogP contribution < -0.4 is 8.92 Å². The van der Waals surface area contributed by atoms with Gasteiger partial charge in [0.05, 0.1) is 7.11 Å². The van der Waals surface area contributed by atoms with Gasteiger partial charge in [-0.25, -0.2) is 0 Å². The fourth-order valence-corrected chi connectivity index (χ4v) is 1.23. The SMILES string of the molecule is COc1cccc(O)c1OS(=O)(=O)O. The Morgan fingerprint density at radius 1 is 1.36 bits per heavy atom. The number of hydrogen-bond donors (Lipinski definition) is 2. The standard InChI is InChI=1S/C7H8O6S/c1-12-6-4-2-3-5(8)7(6)13-14(9,10)11/h2-4,8H,1H3,(H,9,10,11). The largest absolute Gasteiger partial charge is 0.504 e. The normalized spacial score (nSPS) is 11.0. The van der Waals surface area contributed by atoms with E-state index in [0.29, 0.717) is 0 Å². The first-order valence-corrected chi connectivity index (χ1v) is 4.83. The number of methoxy groups -OCH3 is 1. The molecule has 2 N–H and O–H groups in total. The van der Waals surface area contributed by atoms with Gasteiger partial charge in [0.1, 0.15) is 0 Å². The minimum absolute atomic E-state index is 0.00243. The Morgan fingerprint density at radius 3 is 2.50 bits per heavy atom. The van der Waals surface area contributed by atoms with Gasteiger partial charge in [-0.05, 0) is 12.1 Å². The molecule has 1 aromatic carbocycles. The van der Waals surface area contributed by atoms with Crippen LogP contribution in [-0.4, -0.2) is 25.2 Å². The molecule has 0 unspecified atom stereocenters. The van der Waals surface area contributed by atoms with Crippen LogP contribution in [0, 0.1) is 0 Å². The van der Waals surface area contributed by atoms with E-state index >= 15 is 0 Å². The molecule has 0 radical (unpaired) electrons. The number of phenols is 1. The first kappa shape index (κ1) is 10.6. The lowest BCUT2D eigenvalue weighted by Crippen LogP contribution is -2.07. The summed E-state index contributed by atoms with van der Waals surface area (Å²) in [5.41, 5.74) is 0. The van der Waals surface area contributed by atoms with Gasteiger partial charge in [-0.2, -0.15) is 8.42 Å². The first-order valence-electron chi connectivity index (χ1n) is 3.47. The highest BCUT2D eigenvalue weighted by atomic mass is 32.3. The molecular weight excluding hydrogens is 212 g/mol. The predicted molar refractivity (Wildman–Crippen MR) is 46.8 cm³/mol. The highest BCUT2D eigenvalue weighted by molar-refractivity contribution is 7.81. The molecule has 0 saturated heterocycles.